The summed E-state index contributed by atoms with van der Waals surface area (Å²) in [6.07, 6.45) is -2.26. The topological polar surface area (TPSA) is 133 Å². The average Bonchev–Trinajstić information content (AvgIpc) is 3.34. The van der Waals surface area contributed by atoms with Gasteiger partial charge in [0.15, 0.2) is 0 Å². The minimum absolute atomic E-state index is 0.0496. The number of piperidine rings is 1. The lowest BCUT2D eigenvalue weighted by Crippen LogP contribution is -2.42. The van der Waals surface area contributed by atoms with Gasteiger partial charge >= 0.3 is 6.36 Å². The van der Waals surface area contributed by atoms with Gasteiger partial charge in [0.2, 0.25) is 5.91 Å². The van der Waals surface area contributed by atoms with Crippen LogP contribution in [0.2, 0.25) is 0 Å². The Morgan fingerprint density at radius 2 is 1.82 bits per heavy atom. The molecule has 1 aliphatic heterocycles. The first-order chi connectivity index (χ1) is 18.1. The minimum atomic E-state index is -4.77. The molecule has 0 aliphatic carbocycles. The lowest BCUT2D eigenvalue weighted by atomic mass is 10.0. The van der Waals surface area contributed by atoms with E-state index in [9.17, 15) is 22.8 Å². The van der Waals surface area contributed by atoms with E-state index < -0.39 is 12.3 Å². The van der Waals surface area contributed by atoms with Crippen molar-refractivity contribution in [3.05, 3.63) is 59.8 Å². The van der Waals surface area contributed by atoms with Gasteiger partial charge in [-0.15, -0.1) is 18.3 Å². The van der Waals surface area contributed by atoms with Gasteiger partial charge in [-0.3, -0.25) is 9.59 Å². The van der Waals surface area contributed by atoms with Crippen molar-refractivity contribution in [3.8, 4) is 22.8 Å². The Kier molecular flexibility index (Phi) is 8.15. The summed E-state index contributed by atoms with van der Waals surface area (Å²) in [4.78, 5) is 26.5. The van der Waals surface area contributed by atoms with Crippen molar-refractivity contribution < 1.29 is 37.3 Å². The number of halogens is 3. The molecule has 4 rings (SSSR count). The predicted molar refractivity (Wildman–Crippen MR) is 128 cm³/mol. The second kappa shape index (κ2) is 11.5. The van der Waals surface area contributed by atoms with Gasteiger partial charge in [-0.1, -0.05) is 17.3 Å². The normalized spacial score (nSPS) is 14.4. The number of rotatable bonds is 9. The molecule has 1 fully saturated rings. The number of ether oxygens (including phenoxy) is 2. The molecule has 38 heavy (non-hydrogen) atoms. The van der Waals surface area contributed by atoms with Crippen LogP contribution in [0.4, 0.5) is 13.2 Å². The van der Waals surface area contributed by atoms with Crippen LogP contribution in [-0.4, -0.2) is 69.0 Å². The first-order valence-corrected chi connectivity index (χ1v) is 11.9. The molecular formula is C25H26F3N5O5. The van der Waals surface area contributed by atoms with Crippen molar-refractivity contribution in [2.75, 3.05) is 19.7 Å². The Bertz CT molecular complexity index is 1270. The standard InChI is InChI=1S/C25H26F3N5O5/c26-25(27,28)38-19-4-1-16(2-5-19)13-23(35)32-9-7-18(8-10-32)37-22-6-3-17(14-20(22)24(29)36)21-15-33(11-12-34)31-30-21/h1-6,14-15,18,34H,7-13H2,(H2,29,36). The van der Waals surface area contributed by atoms with Crippen LogP contribution in [-0.2, 0) is 17.8 Å². The van der Waals surface area contributed by atoms with E-state index in [4.69, 9.17) is 15.6 Å². The number of likely N-dealkylation sites (tertiary alicyclic amines) is 1. The van der Waals surface area contributed by atoms with Crippen molar-refractivity contribution in [3.63, 3.8) is 0 Å². The molecule has 1 aliphatic rings. The summed E-state index contributed by atoms with van der Waals surface area (Å²) in [6, 6.07) is 10.2. The van der Waals surface area contributed by atoms with Gasteiger partial charge in [0, 0.05) is 31.5 Å². The van der Waals surface area contributed by atoms with Crippen LogP contribution in [0, 0.1) is 0 Å². The zero-order chi connectivity index (χ0) is 27.3. The Balaban J connectivity index is 1.33. The largest absolute Gasteiger partial charge is 0.573 e. The minimum Gasteiger partial charge on any atom is -0.489 e. The van der Waals surface area contributed by atoms with E-state index >= 15 is 0 Å². The summed E-state index contributed by atoms with van der Waals surface area (Å²) in [7, 11) is 0. The molecule has 0 spiro atoms. The van der Waals surface area contributed by atoms with Crippen LogP contribution < -0.4 is 15.2 Å². The number of hydrogen-bond donors (Lipinski definition) is 2. The van der Waals surface area contributed by atoms with Crippen LogP contribution in [0.25, 0.3) is 11.3 Å². The Morgan fingerprint density at radius 1 is 1.11 bits per heavy atom. The Hall–Kier alpha value is -4.13. The van der Waals surface area contributed by atoms with Crippen LogP contribution >= 0.6 is 0 Å². The van der Waals surface area contributed by atoms with Gasteiger partial charge in [0.25, 0.3) is 5.91 Å². The molecule has 0 atom stereocenters. The summed E-state index contributed by atoms with van der Waals surface area (Å²) in [5.41, 5.74) is 7.48. The number of carbonyl (C=O) groups is 2. The second-order valence-electron chi connectivity index (χ2n) is 8.73. The third-order valence-electron chi connectivity index (χ3n) is 6.01. The molecule has 2 heterocycles. The number of amides is 2. The first-order valence-electron chi connectivity index (χ1n) is 11.9. The molecule has 2 aromatic carbocycles. The molecule has 2 amide bonds. The summed E-state index contributed by atoms with van der Waals surface area (Å²) in [6.45, 7) is 1.06. The number of nitrogens with zero attached hydrogens (tertiary/aromatic N) is 4. The monoisotopic (exact) mass is 533 g/mol. The lowest BCUT2D eigenvalue weighted by Gasteiger charge is -2.32. The fourth-order valence-corrected chi connectivity index (χ4v) is 4.13. The molecule has 0 bridgehead atoms. The van der Waals surface area contributed by atoms with E-state index in [0.717, 1.165) is 0 Å². The van der Waals surface area contributed by atoms with Crippen molar-refractivity contribution in [2.45, 2.75) is 38.3 Å². The summed E-state index contributed by atoms with van der Waals surface area (Å²) in [5, 5.41) is 17.0. The molecule has 0 saturated carbocycles. The number of hydrogen-bond acceptors (Lipinski definition) is 7. The Morgan fingerprint density at radius 3 is 2.45 bits per heavy atom. The molecule has 3 N–H and O–H groups in total. The highest BCUT2D eigenvalue weighted by Gasteiger charge is 2.31. The van der Waals surface area contributed by atoms with E-state index in [0.29, 0.717) is 55.0 Å². The number of aliphatic hydroxyl groups excluding tert-OH is 1. The van der Waals surface area contributed by atoms with Crippen molar-refractivity contribution in [1.82, 2.24) is 19.9 Å². The number of aliphatic hydroxyl groups is 1. The predicted octanol–water partition coefficient (Wildman–Crippen LogP) is 2.55. The lowest BCUT2D eigenvalue weighted by molar-refractivity contribution is -0.274. The quantitative estimate of drug-likeness (QED) is 0.432. The smallest absolute Gasteiger partial charge is 0.489 e. The molecule has 0 unspecified atom stereocenters. The van der Waals surface area contributed by atoms with E-state index in [1.807, 2.05) is 0 Å². The Labute approximate surface area is 215 Å². The number of nitrogens with two attached hydrogens (primary N) is 1. The van der Waals surface area contributed by atoms with E-state index in [-0.39, 0.29) is 36.4 Å². The van der Waals surface area contributed by atoms with Crippen molar-refractivity contribution in [1.29, 1.82) is 0 Å². The van der Waals surface area contributed by atoms with E-state index in [1.54, 1.807) is 29.3 Å². The number of carbonyl (C=O) groups excluding carboxylic acids is 2. The number of alkyl halides is 3. The summed E-state index contributed by atoms with van der Waals surface area (Å²) in [5.74, 6) is -0.828. The molecule has 3 aromatic rings. The van der Waals surface area contributed by atoms with Crippen LogP contribution in [0.15, 0.2) is 48.7 Å². The zero-order valence-electron chi connectivity index (χ0n) is 20.2. The molecule has 202 valence electrons. The van der Waals surface area contributed by atoms with Gasteiger partial charge in [0.1, 0.15) is 23.3 Å². The maximum absolute atomic E-state index is 12.7. The second-order valence-corrected chi connectivity index (χ2v) is 8.73. The maximum Gasteiger partial charge on any atom is 0.573 e. The summed E-state index contributed by atoms with van der Waals surface area (Å²) < 4.78 is 48.3. The molecular weight excluding hydrogens is 507 g/mol. The fraction of sp³-hybridized carbons (Fsp3) is 0.360. The van der Waals surface area contributed by atoms with Gasteiger partial charge in [-0.2, -0.15) is 0 Å². The van der Waals surface area contributed by atoms with Gasteiger partial charge < -0.3 is 25.2 Å². The SMILES string of the molecule is NC(=O)c1cc(-c2cn(CCO)nn2)ccc1OC1CCN(C(=O)Cc2ccc(OC(F)(F)F)cc2)CC1. The number of aromatic nitrogens is 3. The van der Waals surface area contributed by atoms with Crippen LogP contribution in [0.3, 0.4) is 0 Å². The van der Waals surface area contributed by atoms with Gasteiger partial charge in [-0.25, -0.2) is 4.68 Å². The van der Waals surface area contributed by atoms with E-state index in [1.165, 1.54) is 28.9 Å². The maximum atomic E-state index is 12.7. The molecule has 13 heteroatoms. The van der Waals surface area contributed by atoms with Crippen molar-refractivity contribution >= 4 is 11.8 Å². The van der Waals surface area contributed by atoms with Crippen LogP contribution in [0.1, 0.15) is 28.8 Å². The highest BCUT2D eigenvalue weighted by atomic mass is 19.4. The third kappa shape index (κ3) is 7.00. The highest BCUT2D eigenvalue weighted by Crippen LogP contribution is 2.28. The number of primary amides is 1. The molecule has 1 saturated heterocycles. The van der Waals surface area contributed by atoms with Gasteiger partial charge in [0.05, 0.1) is 31.3 Å². The molecule has 1 aromatic heterocycles. The molecule has 10 nitrogen and oxygen atoms in total. The van der Waals surface area contributed by atoms with Crippen molar-refractivity contribution in [2.24, 2.45) is 5.73 Å². The molecule has 0 radical (unpaired) electrons. The van der Waals surface area contributed by atoms with E-state index in [2.05, 4.69) is 15.0 Å². The average molecular weight is 534 g/mol. The van der Waals surface area contributed by atoms with Gasteiger partial charge in [-0.05, 0) is 35.9 Å². The summed E-state index contributed by atoms with van der Waals surface area (Å²) >= 11 is 0. The first kappa shape index (κ1) is 26.9. The fourth-order valence-electron chi connectivity index (χ4n) is 4.13. The number of benzene rings is 2. The highest BCUT2D eigenvalue weighted by molar-refractivity contribution is 5.97. The third-order valence-corrected chi connectivity index (χ3v) is 6.01. The van der Waals surface area contributed by atoms with Crippen LogP contribution in [0.5, 0.6) is 11.5 Å². The zero-order valence-corrected chi connectivity index (χ0v) is 20.2.